The van der Waals surface area contributed by atoms with Crippen LogP contribution >= 0.6 is 15.9 Å². The number of nitrogens with zero attached hydrogens (tertiary/aromatic N) is 2. The number of rotatable bonds is 2. The van der Waals surface area contributed by atoms with Gasteiger partial charge in [0.25, 0.3) is 0 Å². The first-order valence-electron chi connectivity index (χ1n) is 7.85. The SMILES string of the molecule is Brc1cccc2c(NC3CCN4CCCC4C3)nccc12. The van der Waals surface area contributed by atoms with Crippen molar-refractivity contribution in [2.75, 3.05) is 18.4 Å². The number of hydrogen-bond donors (Lipinski definition) is 1. The Hall–Kier alpha value is -1.13. The second kappa shape index (κ2) is 5.58. The van der Waals surface area contributed by atoms with Gasteiger partial charge in [-0.25, -0.2) is 4.98 Å². The highest BCUT2D eigenvalue weighted by molar-refractivity contribution is 9.10. The van der Waals surface area contributed by atoms with E-state index >= 15 is 0 Å². The van der Waals surface area contributed by atoms with Gasteiger partial charge in [-0.15, -0.1) is 0 Å². The average molecular weight is 346 g/mol. The summed E-state index contributed by atoms with van der Waals surface area (Å²) in [5.41, 5.74) is 0. The molecule has 2 aliphatic heterocycles. The van der Waals surface area contributed by atoms with Gasteiger partial charge in [-0.1, -0.05) is 28.1 Å². The van der Waals surface area contributed by atoms with Crippen molar-refractivity contribution in [1.29, 1.82) is 0 Å². The van der Waals surface area contributed by atoms with E-state index < -0.39 is 0 Å². The van der Waals surface area contributed by atoms with E-state index in [1.807, 2.05) is 6.20 Å². The Labute approximate surface area is 133 Å². The molecule has 4 heteroatoms. The Morgan fingerprint density at radius 1 is 1.14 bits per heavy atom. The molecule has 0 radical (unpaired) electrons. The minimum absolute atomic E-state index is 0.557. The quantitative estimate of drug-likeness (QED) is 0.890. The van der Waals surface area contributed by atoms with Crippen molar-refractivity contribution in [1.82, 2.24) is 9.88 Å². The number of aromatic nitrogens is 1. The molecule has 21 heavy (non-hydrogen) atoms. The number of hydrogen-bond acceptors (Lipinski definition) is 3. The number of nitrogens with one attached hydrogen (secondary N) is 1. The molecule has 1 N–H and O–H groups in total. The normalized spacial score (nSPS) is 26.0. The van der Waals surface area contributed by atoms with Gasteiger partial charge in [-0.05, 0) is 44.4 Å². The van der Waals surface area contributed by atoms with Crippen LogP contribution in [0, 0.1) is 0 Å². The van der Waals surface area contributed by atoms with E-state index in [0.717, 1.165) is 16.3 Å². The van der Waals surface area contributed by atoms with Crippen molar-refractivity contribution >= 4 is 32.5 Å². The first-order chi connectivity index (χ1) is 10.3. The van der Waals surface area contributed by atoms with E-state index in [0.29, 0.717) is 6.04 Å². The fraction of sp³-hybridized carbons (Fsp3) is 0.471. The van der Waals surface area contributed by atoms with Crippen LogP contribution in [0.5, 0.6) is 0 Å². The fourth-order valence-electron chi connectivity index (χ4n) is 3.83. The minimum atomic E-state index is 0.557. The second-order valence-corrected chi connectivity index (χ2v) is 7.05. The van der Waals surface area contributed by atoms with Crippen LogP contribution in [0.1, 0.15) is 25.7 Å². The average Bonchev–Trinajstić information content (AvgIpc) is 2.96. The molecule has 4 rings (SSSR count). The lowest BCUT2D eigenvalue weighted by atomic mass is 9.97. The van der Waals surface area contributed by atoms with Crippen molar-refractivity contribution in [3.05, 3.63) is 34.9 Å². The van der Waals surface area contributed by atoms with Crippen LogP contribution in [0.15, 0.2) is 34.9 Å². The molecule has 2 aliphatic rings. The predicted octanol–water partition coefficient (Wildman–Crippen LogP) is 4.04. The zero-order valence-corrected chi connectivity index (χ0v) is 13.6. The lowest BCUT2D eigenvalue weighted by molar-refractivity contribution is 0.188. The smallest absolute Gasteiger partial charge is 0.134 e. The molecule has 1 aromatic heterocycles. The lowest BCUT2D eigenvalue weighted by Crippen LogP contribution is -2.42. The van der Waals surface area contributed by atoms with Gasteiger partial charge in [0, 0.05) is 40.1 Å². The molecule has 2 fully saturated rings. The molecular weight excluding hydrogens is 326 g/mol. The van der Waals surface area contributed by atoms with Crippen molar-refractivity contribution in [2.24, 2.45) is 0 Å². The largest absolute Gasteiger partial charge is 0.367 e. The van der Waals surface area contributed by atoms with Crippen LogP contribution < -0.4 is 5.32 Å². The molecule has 3 heterocycles. The molecule has 0 amide bonds. The molecule has 1 aromatic carbocycles. The minimum Gasteiger partial charge on any atom is -0.367 e. The number of piperidine rings is 1. The van der Waals surface area contributed by atoms with E-state index in [-0.39, 0.29) is 0 Å². The van der Waals surface area contributed by atoms with Gasteiger partial charge < -0.3 is 10.2 Å². The number of pyridine rings is 1. The highest BCUT2D eigenvalue weighted by Gasteiger charge is 2.31. The summed E-state index contributed by atoms with van der Waals surface area (Å²) in [6.07, 6.45) is 7.12. The Balaban J connectivity index is 1.58. The standard InChI is InChI=1S/C17H20BrN3/c18-16-5-1-4-15-14(16)6-8-19-17(15)20-12-7-10-21-9-2-3-13(21)11-12/h1,4-6,8,12-13H,2-3,7,9-11H2,(H,19,20). The molecule has 2 saturated heterocycles. The Morgan fingerprint density at radius 3 is 3.05 bits per heavy atom. The second-order valence-electron chi connectivity index (χ2n) is 6.19. The Kier molecular flexibility index (Phi) is 3.59. The molecule has 2 unspecified atom stereocenters. The topological polar surface area (TPSA) is 28.2 Å². The third kappa shape index (κ3) is 2.55. The zero-order valence-electron chi connectivity index (χ0n) is 12.1. The number of halogens is 1. The van der Waals surface area contributed by atoms with E-state index in [4.69, 9.17) is 0 Å². The third-order valence-corrected chi connectivity index (χ3v) is 5.61. The molecule has 0 spiro atoms. The number of anilines is 1. The summed E-state index contributed by atoms with van der Waals surface area (Å²) in [4.78, 5) is 7.24. The molecule has 0 aliphatic carbocycles. The number of benzene rings is 1. The van der Waals surface area contributed by atoms with E-state index in [9.17, 15) is 0 Å². The van der Waals surface area contributed by atoms with Gasteiger partial charge in [0.1, 0.15) is 5.82 Å². The van der Waals surface area contributed by atoms with Crippen LogP contribution in [0.2, 0.25) is 0 Å². The van der Waals surface area contributed by atoms with Gasteiger partial charge in [-0.2, -0.15) is 0 Å². The summed E-state index contributed by atoms with van der Waals surface area (Å²) in [7, 11) is 0. The zero-order chi connectivity index (χ0) is 14.2. The molecule has 2 atom stereocenters. The Morgan fingerprint density at radius 2 is 2.10 bits per heavy atom. The summed E-state index contributed by atoms with van der Waals surface area (Å²) in [6, 6.07) is 9.74. The van der Waals surface area contributed by atoms with E-state index in [1.54, 1.807) is 0 Å². The van der Waals surface area contributed by atoms with Gasteiger partial charge in [0.15, 0.2) is 0 Å². The van der Waals surface area contributed by atoms with E-state index in [2.05, 4.69) is 55.4 Å². The van der Waals surface area contributed by atoms with Crippen molar-refractivity contribution in [3.8, 4) is 0 Å². The van der Waals surface area contributed by atoms with Gasteiger partial charge in [-0.3, -0.25) is 0 Å². The van der Waals surface area contributed by atoms with Gasteiger partial charge >= 0.3 is 0 Å². The van der Waals surface area contributed by atoms with Crippen LogP contribution in [0.3, 0.4) is 0 Å². The first-order valence-corrected chi connectivity index (χ1v) is 8.64. The van der Waals surface area contributed by atoms with Gasteiger partial charge in [0.05, 0.1) is 0 Å². The number of fused-ring (bicyclic) bond motifs is 2. The van der Waals surface area contributed by atoms with Crippen LogP contribution in [0.4, 0.5) is 5.82 Å². The molecule has 2 aromatic rings. The fourth-order valence-corrected chi connectivity index (χ4v) is 4.33. The lowest BCUT2D eigenvalue weighted by Gasteiger charge is -2.35. The molecular formula is C17H20BrN3. The third-order valence-electron chi connectivity index (χ3n) is 4.91. The molecule has 110 valence electrons. The summed E-state index contributed by atoms with van der Waals surface area (Å²) in [5.74, 6) is 1.03. The molecule has 0 bridgehead atoms. The summed E-state index contributed by atoms with van der Waals surface area (Å²) in [6.45, 7) is 2.54. The highest BCUT2D eigenvalue weighted by atomic mass is 79.9. The predicted molar refractivity (Wildman–Crippen MR) is 90.7 cm³/mol. The van der Waals surface area contributed by atoms with Crippen molar-refractivity contribution in [3.63, 3.8) is 0 Å². The highest BCUT2D eigenvalue weighted by Crippen LogP contribution is 2.31. The van der Waals surface area contributed by atoms with Crippen molar-refractivity contribution < 1.29 is 0 Å². The van der Waals surface area contributed by atoms with Crippen LogP contribution in [-0.4, -0.2) is 35.1 Å². The van der Waals surface area contributed by atoms with Crippen molar-refractivity contribution in [2.45, 2.75) is 37.8 Å². The van der Waals surface area contributed by atoms with E-state index in [1.165, 1.54) is 49.5 Å². The maximum atomic E-state index is 4.58. The Bertz CT molecular complexity index is 658. The van der Waals surface area contributed by atoms with Gasteiger partial charge in [0.2, 0.25) is 0 Å². The maximum absolute atomic E-state index is 4.58. The molecule has 3 nitrogen and oxygen atoms in total. The summed E-state index contributed by atoms with van der Waals surface area (Å²) in [5, 5.41) is 6.14. The summed E-state index contributed by atoms with van der Waals surface area (Å²) < 4.78 is 1.14. The molecule has 0 saturated carbocycles. The van der Waals surface area contributed by atoms with Crippen LogP contribution in [-0.2, 0) is 0 Å². The maximum Gasteiger partial charge on any atom is 0.134 e. The van der Waals surface area contributed by atoms with Crippen LogP contribution in [0.25, 0.3) is 10.8 Å². The summed E-state index contributed by atoms with van der Waals surface area (Å²) >= 11 is 3.63. The first kappa shape index (κ1) is 13.5. The monoisotopic (exact) mass is 345 g/mol.